The van der Waals surface area contributed by atoms with Gasteiger partial charge in [-0.15, -0.1) is 0 Å². The summed E-state index contributed by atoms with van der Waals surface area (Å²) in [6.45, 7) is 3.90. The van der Waals surface area contributed by atoms with E-state index in [4.69, 9.17) is 25.5 Å². The number of dihydropyridines is 1. The van der Waals surface area contributed by atoms with Crippen LogP contribution in [0.3, 0.4) is 0 Å². The standard InChI is InChI=1S/C30H28ClNO6/c1-16-8-9-25-20(12-16)29(34)21(15-38-25)27-26(30(35)37-11-10-36-3)17(2)32-23-13-18(14-24(33)28(23)27)19-6-4-5-7-22(19)31/h4-9,12,15,18,27,32H,10-11,13-14H2,1-3H3/t18-,27-/m0/s1. The van der Waals surface area contributed by atoms with Gasteiger partial charge in [0.15, 0.2) is 11.2 Å². The van der Waals surface area contributed by atoms with Gasteiger partial charge in [0.2, 0.25) is 0 Å². The van der Waals surface area contributed by atoms with Crippen molar-refractivity contribution in [3.8, 4) is 0 Å². The predicted molar refractivity (Wildman–Crippen MR) is 144 cm³/mol. The Morgan fingerprint density at radius 1 is 1.08 bits per heavy atom. The molecule has 0 saturated heterocycles. The Bertz CT molecular complexity index is 1570. The van der Waals surface area contributed by atoms with Crippen LogP contribution in [-0.2, 0) is 19.1 Å². The third kappa shape index (κ3) is 4.68. The van der Waals surface area contributed by atoms with E-state index in [1.807, 2.05) is 37.3 Å². The Morgan fingerprint density at radius 3 is 2.63 bits per heavy atom. The molecule has 3 aromatic rings. The number of fused-ring (bicyclic) bond motifs is 1. The molecule has 5 rings (SSSR count). The van der Waals surface area contributed by atoms with Crippen molar-refractivity contribution in [2.75, 3.05) is 20.3 Å². The highest BCUT2D eigenvalue weighted by molar-refractivity contribution is 6.31. The lowest BCUT2D eigenvalue weighted by Gasteiger charge is -2.36. The van der Waals surface area contributed by atoms with E-state index < -0.39 is 11.9 Å². The fourth-order valence-electron chi connectivity index (χ4n) is 5.40. The van der Waals surface area contributed by atoms with Gasteiger partial charge in [-0.3, -0.25) is 9.59 Å². The van der Waals surface area contributed by atoms with Gasteiger partial charge in [0.1, 0.15) is 12.2 Å². The van der Waals surface area contributed by atoms with E-state index in [1.54, 1.807) is 19.1 Å². The molecule has 2 heterocycles. The SMILES string of the molecule is COCCOC(=O)C1=C(C)NC2=C(C(=O)C[C@@H](c3ccccc3Cl)C2)[C@H]1c1coc2ccc(C)cc2c1=O. The highest BCUT2D eigenvalue weighted by Crippen LogP contribution is 2.46. The molecule has 0 fully saturated rings. The van der Waals surface area contributed by atoms with Crippen LogP contribution >= 0.6 is 11.6 Å². The Kier molecular flexibility index (Phi) is 7.23. The molecule has 1 aromatic heterocycles. The fraction of sp³-hybridized carbons (Fsp3) is 0.300. The molecule has 0 spiro atoms. The van der Waals surface area contributed by atoms with Gasteiger partial charge in [0.05, 0.1) is 29.7 Å². The summed E-state index contributed by atoms with van der Waals surface area (Å²) >= 11 is 6.47. The number of allylic oxidation sites excluding steroid dienone is 3. The zero-order valence-electron chi connectivity index (χ0n) is 21.4. The van der Waals surface area contributed by atoms with E-state index in [0.717, 1.165) is 11.1 Å². The second-order valence-electron chi connectivity index (χ2n) is 9.69. The summed E-state index contributed by atoms with van der Waals surface area (Å²) < 4.78 is 16.3. The molecular weight excluding hydrogens is 506 g/mol. The first kappa shape index (κ1) is 25.9. The summed E-state index contributed by atoms with van der Waals surface area (Å²) in [4.78, 5) is 41.0. The topological polar surface area (TPSA) is 94.8 Å². The van der Waals surface area contributed by atoms with Crippen molar-refractivity contribution < 1.29 is 23.5 Å². The molecule has 0 unspecified atom stereocenters. The van der Waals surface area contributed by atoms with Gasteiger partial charge in [-0.2, -0.15) is 0 Å². The number of halogens is 1. The molecule has 0 amide bonds. The number of nitrogens with one attached hydrogen (secondary N) is 1. The lowest BCUT2D eigenvalue weighted by molar-refractivity contribution is -0.140. The van der Waals surface area contributed by atoms with Gasteiger partial charge in [0, 0.05) is 41.1 Å². The van der Waals surface area contributed by atoms with Crippen LogP contribution in [0.15, 0.2) is 80.5 Å². The van der Waals surface area contributed by atoms with Crippen LogP contribution in [0.5, 0.6) is 0 Å². The number of Topliss-reactive ketones (excluding diaryl/α,β-unsaturated/α-hetero) is 1. The van der Waals surface area contributed by atoms with Crippen LogP contribution in [0.1, 0.15) is 48.3 Å². The summed E-state index contributed by atoms with van der Waals surface area (Å²) in [5, 5.41) is 4.28. The van der Waals surface area contributed by atoms with E-state index in [9.17, 15) is 14.4 Å². The normalized spacial score (nSPS) is 19.4. The zero-order chi connectivity index (χ0) is 27.0. The average Bonchev–Trinajstić information content (AvgIpc) is 2.89. The number of aryl methyl sites for hydroxylation is 1. The van der Waals surface area contributed by atoms with Gasteiger partial charge in [-0.1, -0.05) is 41.4 Å². The van der Waals surface area contributed by atoms with E-state index >= 15 is 0 Å². The van der Waals surface area contributed by atoms with Gasteiger partial charge in [0.25, 0.3) is 0 Å². The molecule has 196 valence electrons. The van der Waals surface area contributed by atoms with Crippen molar-refractivity contribution >= 4 is 34.3 Å². The third-order valence-corrected chi connectivity index (χ3v) is 7.52. The Morgan fingerprint density at radius 2 is 1.87 bits per heavy atom. The van der Waals surface area contributed by atoms with E-state index in [1.165, 1.54) is 13.4 Å². The van der Waals surface area contributed by atoms with Gasteiger partial charge < -0.3 is 19.2 Å². The van der Waals surface area contributed by atoms with Crippen molar-refractivity contribution in [2.24, 2.45) is 0 Å². The number of rotatable bonds is 6. The van der Waals surface area contributed by atoms with Crippen LogP contribution < -0.4 is 10.7 Å². The van der Waals surface area contributed by atoms with Gasteiger partial charge >= 0.3 is 5.97 Å². The van der Waals surface area contributed by atoms with E-state index in [2.05, 4.69) is 5.32 Å². The Labute approximate surface area is 225 Å². The van der Waals surface area contributed by atoms with Crippen LogP contribution in [0.4, 0.5) is 0 Å². The van der Waals surface area contributed by atoms with Crippen LogP contribution in [0.2, 0.25) is 5.02 Å². The van der Waals surface area contributed by atoms with E-state index in [0.29, 0.717) is 39.4 Å². The predicted octanol–water partition coefficient (Wildman–Crippen LogP) is 5.31. The number of ketones is 1. The molecule has 1 aliphatic heterocycles. The second kappa shape index (κ2) is 10.6. The fourth-order valence-corrected chi connectivity index (χ4v) is 5.69. The summed E-state index contributed by atoms with van der Waals surface area (Å²) in [5.41, 5.74) is 3.95. The lowest BCUT2D eigenvalue weighted by Crippen LogP contribution is -2.37. The number of hydrogen-bond donors (Lipinski definition) is 1. The van der Waals surface area contributed by atoms with Crippen molar-refractivity contribution in [3.63, 3.8) is 0 Å². The summed E-state index contributed by atoms with van der Waals surface area (Å²) in [5.74, 6) is -1.84. The molecule has 1 N–H and O–H groups in total. The molecule has 38 heavy (non-hydrogen) atoms. The smallest absolute Gasteiger partial charge is 0.336 e. The van der Waals surface area contributed by atoms with Gasteiger partial charge in [-0.05, 0) is 49.9 Å². The summed E-state index contributed by atoms with van der Waals surface area (Å²) in [7, 11) is 1.51. The molecule has 0 bridgehead atoms. The third-order valence-electron chi connectivity index (χ3n) is 7.18. The summed E-state index contributed by atoms with van der Waals surface area (Å²) in [6, 6.07) is 12.8. The number of hydrogen-bond acceptors (Lipinski definition) is 7. The molecule has 0 saturated carbocycles. The van der Waals surface area contributed by atoms with Crippen LogP contribution in [0.25, 0.3) is 11.0 Å². The molecule has 8 heteroatoms. The minimum absolute atomic E-state index is 0.0405. The van der Waals surface area contributed by atoms with Gasteiger partial charge in [-0.25, -0.2) is 4.79 Å². The number of methoxy groups -OCH3 is 1. The number of esters is 1. The van der Waals surface area contributed by atoms with Crippen molar-refractivity contribution in [2.45, 2.75) is 38.5 Å². The maximum atomic E-state index is 13.8. The molecule has 7 nitrogen and oxygen atoms in total. The zero-order valence-corrected chi connectivity index (χ0v) is 22.2. The number of benzene rings is 2. The van der Waals surface area contributed by atoms with Crippen molar-refractivity contribution in [3.05, 3.63) is 103 Å². The molecule has 0 radical (unpaired) electrons. The first-order chi connectivity index (χ1) is 18.3. The quantitative estimate of drug-likeness (QED) is 0.339. The van der Waals surface area contributed by atoms with Crippen LogP contribution in [-0.4, -0.2) is 32.1 Å². The molecule has 2 aromatic carbocycles. The highest BCUT2D eigenvalue weighted by atomic mass is 35.5. The molecule has 1 aliphatic carbocycles. The maximum Gasteiger partial charge on any atom is 0.336 e. The second-order valence-corrected chi connectivity index (χ2v) is 10.1. The lowest BCUT2D eigenvalue weighted by atomic mass is 9.72. The van der Waals surface area contributed by atoms with Crippen molar-refractivity contribution in [1.29, 1.82) is 0 Å². The number of carbonyl (C=O) groups is 2. The minimum Gasteiger partial charge on any atom is -0.464 e. The minimum atomic E-state index is -0.929. The first-order valence-corrected chi connectivity index (χ1v) is 12.8. The average molecular weight is 534 g/mol. The Hall–Kier alpha value is -3.68. The molecule has 2 aliphatic rings. The summed E-state index contributed by atoms with van der Waals surface area (Å²) in [6.07, 6.45) is 2.07. The van der Waals surface area contributed by atoms with Crippen LogP contribution in [0, 0.1) is 6.92 Å². The largest absolute Gasteiger partial charge is 0.464 e. The van der Waals surface area contributed by atoms with E-state index in [-0.39, 0.29) is 47.9 Å². The Balaban J connectivity index is 1.66. The monoisotopic (exact) mass is 533 g/mol. The first-order valence-electron chi connectivity index (χ1n) is 12.5. The number of ether oxygens (including phenoxy) is 2. The highest BCUT2D eigenvalue weighted by Gasteiger charge is 2.43. The van der Waals surface area contributed by atoms with Crippen molar-refractivity contribution in [1.82, 2.24) is 5.32 Å². The molecule has 2 atom stereocenters. The number of carbonyl (C=O) groups excluding carboxylic acids is 2. The molecular formula is C30H28ClNO6. The maximum absolute atomic E-state index is 13.8.